The molecule has 1 unspecified atom stereocenters. The van der Waals surface area contributed by atoms with Crippen LogP contribution in [0.5, 0.6) is 0 Å². The van der Waals surface area contributed by atoms with Gasteiger partial charge in [-0.2, -0.15) is 20.7 Å². The molecule has 0 amide bonds. The van der Waals surface area contributed by atoms with Crippen molar-refractivity contribution >= 4 is 23.6 Å². The summed E-state index contributed by atoms with van der Waals surface area (Å²) in [7, 11) is 2.19. The van der Waals surface area contributed by atoms with E-state index in [0.717, 1.165) is 20.9 Å². The summed E-state index contributed by atoms with van der Waals surface area (Å²) in [6, 6.07) is 6.33. The molecule has 0 bridgehead atoms. The Morgan fingerprint density at radius 3 is 2.45 bits per heavy atom. The largest absolute Gasteiger partial charge is 0.386 e. The van der Waals surface area contributed by atoms with Crippen LogP contribution < -0.4 is 0 Å². The van der Waals surface area contributed by atoms with Gasteiger partial charge in [-0.3, -0.25) is 5.10 Å². The SMILES string of the molecule is C=C/C=C(Sc1cc(-c2cn[nH]c2)cn2ncc(C#N)c12)\C(C#N)=C/C.CC(O)C=O.CN1CCCCC1. The molecule has 1 aliphatic rings. The molecule has 0 aromatic carbocycles. The van der Waals surface area contributed by atoms with Gasteiger partial charge in [-0.25, -0.2) is 4.52 Å². The summed E-state index contributed by atoms with van der Waals surface area (Å²) in [4.78, 5) is 13.2. The molecule has 3 aromatic rings. The Kier molecular flexibility index (Phi) is 12.7. The summed E-state index contributed by atoms with van der Waals surface area (Å²) in [5.41, 5.74) is 3.53. The molecule has 0 spiro atoms. The minimum absolute atomic E-state index is 0.472. The fourth-order valence-corrected chi connectivity index (χ4v) is 4.69. The molecular formula is C28H33N7O2S. The highest BCUT2D eigenvalue weighted by atomic mass is 32.2. The number of nitrogens with one attached hydrogen (secondary N) is 1. The summed E-state index contributed by atoms with van der Waals surface area (Å²) in [6.45, 7) is 9.59. The average molecular weight is 532 g/mol. The number of H-pyrrole nitrogens is 1. The lowest BCUT2D eigenvalue weighted by Gasteiger charge is -2.20. The van der Waals surface area contributed by atoms with E-state index in [9.17, 15) is 15.3 Å². The second-order valence-corrected chi connectivity index (χ2v) is 9.55. The van der Waals surface area contributed by atoms with E-state index >= 15 is 0 Å². The zero-order chi connectivity index (χ0) is 27.9. The number of rotatable bonds is 6. The molecule has 1 aliphatic heterocycles. The van der Waals surface area contributed by atoms with Gasteiger partial charge in [-0.1, -0.05) is 36.9 Å². The molecule has 198 valence electrons. The van der Waals surface area contributed by atoms with Crippen LogP contribution in [-0.2, 0) is 4.79 Å². The number of fused-ring (bicyclic) bond motifs is 1. The van der Waals surface area contributed by atoms with E-state index in [1.54, 1.807) is 35.1 Å². The molecule has 9 nitrogen and oxygen atoms in total. The summed E-state index contributed by atoms with van der Waals surface area (Å²) in [5, 5.41) is 37.9. The Morgan fingerprint density at radius 2 is 1.97 bits per heavy atom. The number of allylic oxidation sites excluding steroid dienone is 4. The normalized spacial score (nSPS) is 14.7. The Labute approximate surface area is 227 Å². The third kappa shape index (κ3) is 8.86. The highest BCUT2D eigenvalue weighted by molar-refractivity contribution is 8.03. The number of aromatic amines is 1. The zero-order valence-electron chi connectivity index (χ0n) is 22.0. The minimum atomic E-state index is -0.796. The van der Waals surface area contributed by atoms with E-state index in [1.807, 2.05) is 19.2 Å². The number of hydrogen-bond donors (Lipinski definition) is 2. The highest BCUT2D eigenvalue weighted by Gasteiger charge is 2.16. The monoisotopic (exact) mass is 531 g/mol. The van der Waals surface area contributed by atoms with Crippen LogP contribution in [0.2, 0.25) is 0 Å². The Bertz CT molecular complexity index is 1340. The van der Waals surface area contributed by atoms with Crippen LogP contribution in [0, 0.1) is 22.7 Å². The maximum Gasteiger partial charge on any atom is 0.148 e. The molecular weight excluding hydrogens is 498 g/mol. The van der Waals surface area contributed by atoms with Crippen molar-refractivity contribution < 1.29 is 9.90 Å². The van der Waals surface area contributed by atoms with Gasteiger partial charge in [-0.05, 0) is 59.0 Å². The number of thioether (sulfide) groups is 1. The lowest BCUT2D eigenvalue weighted by molar-refractivity contribution is -0.114. The van der Waals surface area contributed by atoms with Crippen LogP contribution in [0.1, 0.15) is 38.7 Å². The van der Waals surface area contributed by atoms with Gasteiger partial charge in [0.1, 0.15) is 18.5 Å². The molecule has 4 heterocycles. The molecule has 0 saturated carbocycles. The van der Waals surface area contributed by atoms with E-state index in [0.29, 0.717) is 22.9 Å². The van der Waals surface area contributed by atoms with E-state index in [2.05, 4.69) is 46.0 Å². The number of nitrogens with zero attached hydrogens (tertiary/aromatic N) is 6. The van der Waals surface area contributed by atoms with Crippen molar-refractivity contribution in [3.8, 4) is 23.3 Å². The number of pyridine rings is 1. The molecule has 4 rings (SSSR count). The van der Waals surface area contributed by atoms with Crippen LogP contribution in [0.4, 0.5) is 0 Å². The highest BCUT2D eigenvalue weighted by Crippen LogP contribution is 2.37. The summed E-state index contributed by atoms with van der Waals surface area (Å²) >= 11 is 1.40. The number of hydrogen-bond acceptors (Lipinski definition) is 8. The molecule has 38 heavy (non-hydrogen) atoms. The first-order valence-corrected chi connectivity index (χ1v) is 13.0. The number of likely N-dealkylation sites (tertiary alicyclic amines) is 1. The topological polar surface area (TPSA) is 134 Å². The summed E-state index contributed by atoms with van der Waals surface area (Å²) in [5.74, 6) is 0. The van der Waals surface area contributed by atoms with Gasteiger partial charge in [0.15, 0.2) is 0 Å². The molecule has 1 saturated heterocycles. The number of aldehydes is 1. The van der Waals surface area contributed by atoms with Gasteiger partial charge in [0, 0.05) is 33.3 Å². The molecule has 0 aliphatic carbocycles. The van der Waals surface area contributed by atoms with Gasteiger partial charge in [0.25, 0.3) is 0 Å². The van der Waals surface area contributed by atoms with Gasteiger partial charge < -0.3 is 14.8 Å². The quantitative estimate of drug-likeness (QED) is 0.199. The number of aliphatic hydroxyl groups excluding tert-OH is 1. The van der Waals surface area contributed by atoms with Crippen molar-refractivity contribution in [1.82, 2.24) is 24.7 Å². The minimum Gasteiger partial charge on any atom is -0.386 e. The van der Waals surface area contributed by atoms with Crippen molar-refractivity contribution in [3.05, 3.63) is 71.7 Å². The number of carbonyl (C=O) groups is 1. The lowest BCUT2D eigenvalue weighted by atomic mass is 10.1. The fraction of sp³-hybridized carbons (Fsp3) is 0.321. The van der Waals surface area contributed by atoms with E-state index in [-0.39, 0.29) is 0 Å². The van der Waals surface area contributed by atoms with Gasteiger partial charge in [0.2, 0.25) is 0 Å². The maximum absolute atomic E-state index is 9.42. The van der Waals surface area contributed by atoms with Crippen LogP contribution in [0.25, 0.3) is 16.6 Å². The predicted octanol–water partition coefficient (Wildman–Crippen LogP) is 4.90. The first kappa shape index (κ1) is 30.3. The smallest absolute Gasteiger partial charge is 0.148 e. The molecule has 1 atom stereocenters. The van der Waals surface area contributed by atoms with Crippen LogP contribution in [0.15, 0.2) is 71.0 Å². The maximum atomic E-state index is 9.42. The third-order valence-corrected chi connectivity index (χ3v) is 6.58. The second-order valence-electron chi connectivity index (χ2n) is 8.47. The molecule has 1 fully saturated rings. The van der Waals surface area contributed by atoms with Gasteiger partial charge >= 0.3 is 0 Å². The summed E-state index contributed by atoms with van der Waals surface area (Å²) in [6.07, 6.45) is 16.0. The van der Waals surface area contributed by atoms with Crippen LogP contribution in [0.3, 0.4) is 0 Å². The molecule has 0 radical (unpaired) electrons. The van der Waals surface area contributed by atoms with Gasteiger partial charge in [0.05, 0.1) is 35.1 Å². The van der Waals surface area contributed by atoms with E-state index in [4.69, 9.17) is 5.11 Å². The first-order valence-electron chi connectivity index (χ1n) is 12.2. The molecule has 10 heteroatoms. The number of carbonyl (C=O) groups excluding carboxylic acids is 1. The van der Waals surface area contributed by atoms with Crippen molar-refractivity contribution in [2.75, 3.05) is 20.1 Å². The van der Waals surface area contributed by atoms with Crippen molar-refractivity contribution in [3.63, 3.8) is 0 Å². The standard InChI is InChI=1S/C19H14N6S.C6H13N.C3H6O2/c1-3-5-17(13(4-2)7-20)26-18-6-14(16-9-22-23-10-16)12-25-19(18)15(8-21)11-24-25;1-7-5-3-2-4-6-7;1-3(5)2-4/h3-6,9-12H,1H2,2H3,(H,22,23);2-6H2,1H3;2-3,5H,1H3/b13-4-,17-5+;;. The fourth-order valence-electron chi connectivity index (χ4n) is 3.53. The molecule has 3 aromatic heterocycles. The van der Waals surface area contributed by atoms with Crippen molar-refractivity contribution in [1.29, 1.82) is 10.5 Å². The number of aromatic nitrogens is 4. The van der Waals surface area contributed by atoms with Crippen molar-refractivity contribution in [2.45, 2.75) is 44.1 Å². The van der Waals surface area contributed by atoms with Crippen LogP contribution in [-0.4, -0.2) is 62.3 Å². The Morgan fingerprint density at radius 1 is 1.26 bits per heavy atom. The number of piperidine rings is 1. The second kappa shape index (κ2) is 16.0. The Balaban J connectivity index is 0.000000348. The van der Waals surface area contributed by atoms with Crippen molar-refractivity contribution in [2.24, 2.45) is 0 Å². The molecule has 2 N–H and O–H groups in total. The summed E-state index contributed by atoms with van der Waals surface area (Å²) < 4.78 is 1.68. The number of nitriles is 2. The predicted molar refractivity (Wildman–Crippen MR) is 150 cm³/mol. The first-order chi connectivity index (χ1) is 18.4. The lowest BCUT2D eigenvalue weighted by Crippen LogP contribution is -2.24. The number of aliphatic hydroxyl groups is 1. The average Bonchev–Trinajstić information content (AvgIpc) is 3.61. The van der Waals surface area contributed by atoms with E-state index < -0.39 is 6.10 Å². The third-order valence-electron chi connectivity index (χ3n) is 5.47. The Hall–Kier alpha value is -3.96. The zero-order valence-corrected chi connectivity index (χ0v) is 22.8. The van der Waals surface area contributed by atoms with E-state index in [1.165, 1.54) is 57.2 Å². The van der Waals surface area contributed by atoms with Gasteiger partial charge in [-0.15, -0.1) is 0 Å². The van der Waals surface area contributed by atoms with Crippen LogP contribution >= 0.6 is 11.8 Å².